The predicted octanol–water partition coefficient (Wildman–Crippen LogP) is 2.10. The molecule has 1 aromatic carbocycles. The number of hydrogen-bond acceptors (Lipinski definition) is 3. The third kappa shape index (κ3) is 5.49. The molecule has 0 atom stereocenters. The van der Waals surface area contributed by atoms with Gasteiger partial charge >= 0.3 is 6.03 Å². The number of anilines is 1. The van der Waals surface area contributed by atoms with Gasteiger partial charge in [0.2, 0.25) is 10.0 Å². The molecule has 6 heteroatoms. The van der Waals surface area contributed by atoms with Gasteiger partial charge in [0, 0.05) is 5.69 Å². The number of unbranched alkanes of at least 4 members (excludes halogenated alkanes) is 1. The van der Waals surface area contributed by atoms with E-state index in [-0.39, 0.29) is 5.75 Å². The Kier molecular flexibility index (Phi) is 5.38. The molecule has 0 spiro atoms. The van der Waals surface area contributed by atoms with E-state index in [1.165, 1.54) is 0 Å². The van der Waals surface area contributed by atoms with Gasteiger partial charge in [0.05, 0.1) is 5.75 Å². The van der Waals surface area contributed by atoms with E-state index in [0.29, 0.717) is 18.5 Å². The molecule has 0 aliphatic rings. The predicted molar refractivity (Wildman–Crippen MR) is 71.8 cm³/mol. The molecular weight excluding hydrogens is 252 g/mol. The van der Waals surface area contributed by atoms with Gasteiger partial charge in [-0.25, -0.2) is 17.9 Å². The third-order valence-electron chi connectivity index (χ3n) is 2.10. The topological polar surface area (TPSA) is 75.3 Å². The van der Waals surface area contributed by atoms with E-state index in [1.54, 1.807) is 36.4 Å². The summed E-state index contributed by atoms with van der Waals surface area (Å²) in [6.07, 6.45) is 2.68. The molecule has 2 amide bonds. The number of urea groups is 1. The number of amides is 2. The summed E-state index contributed by atoms with van der Waals surface area (Å²) in [5, 5.41) is 2.44. The number of para-hydroxylation sites is 1. The zero-order valence-corrected chi connectivity index (χ0v) is 10.7. The Morgan fingerprint density at radius 3 is 2.56 bits per heavy atom. The average Bonchev–Trinajstić information content (AvgIpc) is 2.29. The first kappa shape index (κ1) is 14.2. The van der Waals surface area contributed by atoms with Crippen molar-refractivity contribution >= 4 is 21.7 Å². The molecule has 2 N–H and O–H groups in total. The molecule has 0 aliphatic heterocycles. The van der Waals surface area contributed by atoms with Crippen LogP contribution in [0.4, 0.5) is 10.5 Å². The molecule has 0 saturated carbocycles. The highest BCUT2D eigenvalue weighted by atomic mass is 32.2. The van der Waals surface area contributed by atoms with Crippen LogP contribution in [0.15, 0.2) is 43.0 Å². The summed E-state index contributed by atoms with van der Waals surface area (Å²) in [6.45, 7) is 3.50. The minimum absolute atomic E-state index is 0.0960. The number of carbonyl (C=O) groups excluding carboxylic acids is 1. The molecule has 0 aromatic heterocycles. The lowest BCUT2D eigenvalue weighted by atomic mass is 10.3. The summed E-state index contributed by atoms with van der Waals surface area (Å²) in [7, 11) is -3.58. The Balaban J connectivity index is 2.46. The van der Waals surface area contributed by atoms with E-state index in [4.69, 9.17) is 0 Å². The average molecular weight is 268 g/mol. The SMILES string of the molecule is C=CCCCS(=O)(=O)NC(=O)Nc1ccccc1. The summed E-state index contributed by atoms with van der Waals surface area (Å²) in [5.41, 5.74) is 0.538. The van der Waals surface area contributed by atoms with Crippen LogP contribution in [0, 0.1) is 0 Å². The molecule has 1 rings (SSSR count). The van der Waals surface area contributed by atoms with Crippen LogP contribution >= 0.6 is 0 Å². The fourth-order valence-electron chi connectivity index (χ4n) is 1.29. The molecule has 0 radical (unpaired) electrons. The van der Waals surface area contributed by atoms with Gasteiger partial charge in [-0.2, -0.15) is 0 Å². The van der Waals surface area contributed by atoms with Crippen molar-refractivity contribution in [1.82, 2.24) is 4.72 Å². The third-order valence-corrected chi connectivity index (χ3v) is 3.42. The van der Waals surface area contributed by atoms with Crippen molar-refractivity contribution in [2.24, 2.45) is 0 Å². The zero-order chi connectivity index (χ0) is 13.4. The van der Waals surface area contributed by atoms with Crippen molar-refractivity contribution in [3.63, 3.8) is 0 Å². The standard InChI is InChI=1S/C12H16N2O3S/c1-2-3-7-10-18(16,17)14-12(15)13-11-8-5-4-6-9-11/h2,4-6,8-9H,1,3,7,10H2,(H2,13,14,15). The summed E-state index contributed by atoms with van der Waals surface area (Å²) < 4.78 is 25.0. The minimum atomic E-state index is -3.58. The Morgan fingerprint density at radius 1 is 1.28 bits per heavy atom. The number of rotatable bonds is 6. The number of allylic oxidation sites excluding steroid dienone is 1. The normalized spacial score (nSPS) is 10.7. The van der Waals surface area contributed by atoms with Crippen LogP contribution in [-0.2, 0) is 10.0 Å². The molecule has 0 unspecified atom stereocenters. The van der Waals surface area contributed by atoms with Gasteiger partial charge in [-0.3, -0.25) is 0 Å². The van der Waals surface area contributed by atoms with Gasteiger partial charge in [0.1, 0.15) is 0 Å². The molecule has 0 aliphatic carbocycles. The van der Waals surface area contributed by atoms with Gasteiger partial charge in [0.15, 0.2) is 0 Å². The van der Waals surface area contributed by atoms with Crippen molar-refractivity contribution in [2.75, 3.05) is 11.1 Å². The number of carbonyl (C=O) groups is 1. The highest BCUT2D eigenvalue weighted by Gasteiger charge is 2.13. The Morgan fingerprint density at radius 2 is 1.94 bits per heavy atom. The molecule has 0 heterocycles. The van der Waals surface area contributed by atoms with Crippen LogP contribution in [0.5, 0.6) is 0 Å². The largest absolute Gasteiger partial charge is 0.332 e. The van der Waals surface area contributed by atoms with E-state index in [1.807, 2.05) is 4.72 Å². The Bertz CT molecular complexity index is 497. The number of nitrogens with one attached hydrogen (secondary N) is 2. The van der Waals surface area contributed by atoms with Gasteiger partial charge in [0.25, 0.3) is 0 Å². The molecule has 0 bridgehead atoms. The van der Waals surface area contributed by atoms with Crippen molar-refractivity contribution in [3.05, 3.63) is 43.0 Å². The molecule has 98 valence electrons. The van der Waals surface area contributed by atoms with E-state index in [9.17, 15) is 13.2 Å². The molecule has 1 aromatic rings. The molecule has 5 nitrogen and oxygen atoms in total. The van der Waals surface area contributed by atoms with E-state index >= 15 is 0 Å². The van der Waals surface area contributed by atoms with Gasteiger partial charge in [-0.15, -0.1) is 6.58 Å². The van der Waals surface area contributed by atoms with Crippen molar-refractivity contribution < 1.29 is 13.2 Å². The minimum Gasteiger partial charge on any atom is -0.307 e. The Labute approximate surface area is 107 Å². The summed E-state index contributed by atoms with van der Waals surface area (Å²) in [5.74, 6) is -0.0960. The molecule has 0 fully saturated rings. The first-order chi connectivity index (χ1) is 8.53. The van der Waals surface area contributed by atoms with Crippen LogP contribution in [0.3, 0.4) is 0 Å². The maximum absolute atomic E-state index is 11.5. The second-order valence-corrected chi connectivity index (χ2v) is 5.51. The first-order valence-corrected chi connectivity index (χ1v) is 7.16. The highest BCUT2D eigenvalue weighted by Crippen LogP contribution is 2.04. The fraction of sp³-hybridized carbons (Fsp3) is 0.250. The second kappa shape index (κ2) is 6.80. The summed E-state index contributed by atoms with van der Waals surface area (Å²) in [6, 6.07) is 7.88. The van der Waals surface area contributed by atoms with Crippen molar-refractivity contribution in [1.29, 1.82) is 0 Å². The smallest absolute Gasteiger partial charge is 0.307 e. The molecular formula is C12H16N2O3S. The van der Waals surface area contributed by atoms with Crippen LogP contribution in [-0.4, -0.2) is 20.2 Å². The van der Waals surface area contributed by atoms with Crippen molar-refractivity contribution in [2.45, 2.75) is 12.8 Å². The van der Waals surface area contributed by atoms with Crippen LogP contribution < -0.4 is 10.0 Å². The van der Waals surface area contributed by atoms with Crippen LogP contribution in [0.25, 0.3) is 0 Å². The summed E-state index contributed by atoms with van der Waals surface area (Å²) >= 11 is 0. The van der Waals surface area contributed by atoms with E-state index in [0.717, 1.165) is 0 Å². The zero-order valence-electron chi connectivity index (χ0n) is 9.93. The Hall–Kier alpha value is -1.82. The van der Waals surface area contributed by atoms with Crippen molar-refractivity contribution in [3.8, 4) is 0 Å². The number of hydrogen-bond donors (Lipinski definition) is 2. The first-order valence-electron chi connectivity index (χ1n) is 5.51. The monoisotopic (exact) mass is 268 g/mol. The lowest BCUT2D eigenvalue weighted by molar-refractivity contribution is 0.256. The second-order valence-electron chi connectivity index (χ2n) is 3.67. The van der Waals surface area contributed by atoms with Gasteiger partial charge < -0.3 is 5.32 Å². The number of sulfonamides is 1. The lowest BCUT2D eigenvalue weighted by Crippen LogP contribution is -2.35. The number of benzene rings is 1. The molecule has 18 heavy (non-hydrogen) atoms. The van der Waals surface area contributed by atoms with Gasteiger partial charge in [-0.05, 0) is 25.0 Å². The quantitative estimate of drug-likeness (QED) is 0.613. The van der Waals surface area contributed by atoms with E-state index in [2.05, 4.69) is 11.9 Å². The maximum Gasteiger partial charge on any atom is 0.332 e. The van der Waals surface area contributed by atoms with Crippen LogP contribution in [0.1, 0.15) is 12.8 Å². The van der Waals surface area contributed by atoms with E-state index < -0.39 is 16.1 Å². The highest BCUT2D eigenvalue weighted by molar-refractivity contribution is 7.90. The fourth-order valence-corrected chi connectivity index (χ4v) is 2.27. The lowest BCUT2D eigenvalue weighted by Gasteiger charge is -2.07. The van der Waals surface area contributed by atoms with Gasteiger partial charge in [-0.1, -0.05) is 24.3 Å². The van der Waals surface area contributed by atoms with Crippen LogP contribution in [0.2, 0.25) is 0 Å². The molecule has 0 saturated heterocycles. The summed E-state index contributed by atoms with van der Waals surface area (Å²) in [4.78, 5) is 11.4. The maximum atomic E-state index is 11.5.